The van der Waals surface area contributed by atoms with Crippen LogP contribution in [-0.4, -0.2) is 17.6 Å². The predicted octanol–water partition coefficient (Wildman–Crippen LogP) is 2.57. The molecule has 1 aromatic carbocycles. The highest BCUT2D eigenvalue weighted by Crippen LogP contribution is 2.25. The summed E-state index contributed by atoms with van der Waals surface area (Å²) in [7, 11) is 0. The lowest BCUT2D eigenvalue weighted by atomic mass is 10.1. The van der Waals surface area contributed by atoms with Gasteiger partial charge in [0.05, 0.1) is 23.1 Å². The van der Waals surface area contributed by atoms with E-state index in [1.54, 1.807) is 25.1 Å². The maximum atomic E-state index is 12.3. The van der Waals surface area contributed by atoms with Crippen molar-refractivity contribution in [3.63, 3.8) is 0 Å². The normalized spacial score (nSPS) is 11.0. The van der Waals surface area contributed by atoms with Gasteiger partial charge in [0, 0.05) is 15.9 Å². The minimum Gasteiger partial charge on any atom is -0.462 e. The Hall–Kier alpha value is -2.41. The number of rotatable bonds is 2. The lowest BCUT2D eigenvalue weighted by Crippen LogP contribution is -2.17. The van der Waals surface area contributed by atoms with Crippen molar-refractivity contribution in [2.24, 2.45) is 0 Å². The van der Waals surface area contributed by atoms with Crippen molar-refractivity contribution in [1.29, 1.82) is 0 Å². The van der Waals surface area contributed by atoms with Crippen LogP contribution in [0, 0.1) is 0 Å². The molecule has 0 aliphatic carbocycles. The standard InChI is InChI=1S/C15H10BrNO5/c1-2-21-15(20)9-6-11(18)22-13-8-5-7(16)3-4-10(8)17-14(19)12(9)13/h3-6H,2H2,1H3,(H,17,19). The summed E-state index contributed by atoms with van der Waals surface area (Å²) in [6.45, 7) is 1.78. The van der Waals surface area contributed by atoms with Crippen LogP contribution in [0.4, 0.5) is 0 Å². The van der Waals surface area contributed by atoms with Crippen molar-refractivity contribution >= 4 is 43.8 Å². The van der Waals surface area contributed by atoms with E-state index in [2.05, 4.69) is 20.9 Å². The Labute approximate surface area is 131 Å². The van der Waals surface area contributed by atoms with Gasteiger partial charge in [-0.25, -0.2) is 9.59 Å². The van der Waals surface area contributed by atoms with Gasteiger partial charge in [0.25, 0.3) is 5.56 Å². The monoisotopic (exact) mass is 363 g/mol. The predicted molar refractivity (Wildman–Crippen MR) is 84.3 cm³/mol. The van der Waals surface area contributed by atoms with Gasteiger partial charge in [-0.15, -0.1) is 0 Å². The summed E-state index contributed by atoms with van der Waals surface area (Å²) in [4.78, 5) is 38.7. The molecule has 0 amide bonds. The second-order valence-corrected chi connectivity index (χ2v) is 5.46. The number of hydrogen-bond donors (Lipinski definition) is 1. The van der Waals surface area contributed by atoms with Crippen LogP contribution in [0.1, 0.15) is 17.3 Å². The van der Waals surface area contributed by atoms with E-state index >= 15 is 0 Å². The van der Waals surface area contributed by atoms with Crippen LogP contribution in [0.3, 0.4) is 0 Å². The summed E-state index contributed by atoms with van der Waals surface area (Å²) in [6.07, 6.45) is 0. The van der Waals surface area contributed by atoms with E-state index in [9.17, 15) is 14.4 Å². The van der Waals surface area contributed by atoms with Crippen molar-refractivity contribution in [3.05, 3.63) is 55.1 Å². The van der Waals surface area contributed by atoms with E-state index in [4.69, 9.17) is 9.15 Å². The number of esters is 1. The van der Waals surface area contributed by atoms with Crippen LogP contribution < -0.4 is 11.2 Å². The van der Waals surface area contributed by atoms with Crippen LogP contribution in [-0.2, 0) is 4.74 Å². The number of aromatic amines is 1. The number of carbonyl (C=O) groups is 1. The first kappa shape index (κ1) is 14.5. The van der Waals surface area contributed by atoms with Crippen molar-refractivity contribution < 1.29 is 13.9 Å². The first-order valence-corrected chi connectivity index (χ1v) is 7.27. The summed E-state index contributed by atoms with van der Waals surface area (Å²) in [6, 6.07) is 6.10. The van der Waals surface area contributed by atoms with Gasteiger partial charge < -0.3 is 14.1 Å². The number of benzene rings is 1. The van der Waals surface area contributed by atoms with Gasteiger partial charge in [-0.1, -0.05) is 15.9 Å². The summed E-state index contributed by atoms with van der Waals surface area (Å²) >= 11 is 3.32. The van der Waals surface area contributed by atoms with Crippen molar-refractivity contribution in [3.8, 4) is 0 Å². The van der Waals surface area contributed by atoms with Crippen LogP contribution >= 0.6 is 15.9 Å². The SMILES string of the molecule is CCOC(=O)c1cc(=O)oc2c1c(=O)[nH]c1ccc(Br)cc12. The Morgan fingerprint density at radius 1 is 1.32 bits per heavy atom. The summed E-state index contributed by atoms with van der Waals surface area (Å²) < 4.78 is 10.8. The fraction of sp³-hybridized carbons (Fsp3) is 0.133. The fourth-order valence-electron chi connectivity index (χ4n) is 2.28. The van der Waals surface area contributed by atoms with Crippen LogP contribution in [0.2, 0.25) is 0 Å². The molecule has 112 valence electrons. The molecule has 1 N–H and O–H groups in total. The summed E-state index contributed by atoms with van der Waals surface area (Å²) in [5, 5.41) is 0.524. The average Bonchev–Trinajstić information content (AvgIpc) is 2.47. The molecule has 0 aliphatic rings. The first-order valence-electron chi connectivity index (χ1n) is 6.47. The zero-order valence-electron chi connectivity index (χ0n) is 11.4. The third-order valence-corrected chi connectivity index (χ3v) is 3.65. The Kier molecular flexibility index (Phi) is 3.58. The Morgan fingerprint density at radius 2 is 2.09 bits per heavy atom. The van der Waals surface area contributed by atoms with Gasteiger partial charge in [-0.3, -0.25) is 4.79 Å². The topological polar surface area (TPSA) is 89.4 Å². The molecule has 0 atom stereocenters. The van der Waals surface area contributed by atoms with E-state index in [-0.39, 0.29) is 23.1 Å². The third-order valence-electron chi connectivity index (χ3n) is 3.16. The first-order chi connectivity index (χ1) is 10.5. The van der Waals surface area contributed by atoms with Gasteiger partial charge in [0.2, 0.25) is 0 Å². The van der Waals surface area contributed by atoms with Gasteiger partial charge in [-0.2, -0.15) is 0 Å². The van der Waals surface area contributed by atoms with E-state index in [1.807, 2.05) is 0 Å². The molecule has 0 spiro atoms. The smallest absolute Gasteiger partial charge is 0.339 e. The number of carbonyl (C=O) groups excluding carboxylic acids is 1. The minimum absolute atomic E-state index is 0.00338. The molecular weight excluding hydrogens is 354 g/mol. The molecule has 0 aliphatic heterocycles. The molecule has 0 bridgehead atoms. The van der Waals surface area contributed by atoms with Gasteiger partial charge >= 0.3 is 11.6 Å². The lowest BCUT2D eigenvalue weighted by molar-refractivity contribution is 0.0528. The van der Waals surface area contributed by atoms with Gasteiger partial charge in [-0.05, 0) is 25.1 Å². The van der Waals surface area contributed by atoms with E-state index in [0.717, 1.165) is 10.5 Å². The maximum Gasteiger partial charge on any atom is 0.339 e. The highest BCUT2D eigenvalue weighted by Gasteiger charge is 2.19. The molecule has 0 fully saturated rings. The molecule has 22 heavy (non-hydrogen) atoms. The zero-order valence-corrected chi connectivity index (χ0v) is 13.0. The summed E-state index contributed by atoms with van der Waals surface area (Å²) in [5.74, 6) is -0.736. The molecule has 6 nitrogen and oxygen atoms in total. The maximum absolute atomic E-state index is 12.3. The molecule has 0 saturated carbocycles. The van der Waals surface area contributed by atoms with Gasteiger partial charge in [0.15, 0.2) is 5.58 Å². The van der Waals surface area contributed by atoms with Crippen LogP contribution in [0.15, 0.2) is 42.7 Å². The van der Waals surface area contributed by atoms with Gasteiger partial charge in [0.1, 0.15) is 0 Å². The van der Waals surface area contributed by atoms with Crippen molar-refractivity contribution in [1.82, 2.24) is 4.98 Å². The summed E-state index contributed by atoms with van der Waals surface area (Å²) in [5.41, 5.74) is -0.768. The molecule has 0 radical (unpaired) electrons. The number of H-pyrrole nitrogens is 1. The Balaban J connectivity index is 2.52. The number of nitrogens with one attached hydrogen (secondary N) is 1. The molecule has 2 aromatic heterocycles. The number of ether oxygens (including phenoxy) is 1. The Bertz CT molecular complexity index is 1020. The number of halogens is 1. The third kappa shape index (κ3) is 2.33. The number of hydrogen-bond acceptors (Lipinski definition) is 5. The molecule has 7 heteroatoms. The second-order valence-electron chi connectivity index (χ2n) is 4.55. The number of pyridine rings is 1. The molecule has 3 aromatic rings. The molecular formula is C15H10BrNO5. The van der Waals surface area contributed by atoms with Crippen LogP contribution in [0.5, 0.6) is 0 Å². The highest BCUT2D eigenvalue weighted by atomic mass is 79.9. The van der Waals surface area contributed by atoms with E-state index < -0.39 is 17.2 Å². The average molecular weight is 364 g/mol. The molecule has 0 unspecified atom stereocenters. The van der Waals surface area contributed by atoms with E-state index in [0.29, 0.717) is 10.9 Å². The molecule has 3 rings (SSSR count). The molecule has 2 heterocycles. The van der Waals surface area contributed by atoms with Crippen molar-refractivity contribution in [2.45, 2.75) is 6.92 Å². The lowest BCUT2D eigenvalue weighted by Gasteiger charge is -2.07. The largest absolute Gasteiger partial charge is 0.462 e. The number of aromatic nitrogens is 1. The number of fused-ring (bicyclic) bond motifs is 3. The van der Waals surface area contributed by atoms with Crippen molar-refractivity contribution in [2.75, 3.05) is 6.61 Å². The zero-order chi connectivity index (χ0) is 15.9. The Morgan fingerprint density at radius 3 is 2.82 bits per heavy atom. The second kappa shape index (κ2) is 5.42. The van der Waals surface area contributed by atoms with E-state index in [1.165, 1.54) is 0 Å². The minimum atomic E-state index is -0.736. The van der Waals surface area contributed by atoms with Crippen LogP contribution in [0.25, 0.3) is 21.9 Å². The quantitative estimate of drug-likeness (QED) is 0.558. The molecule has 0 saturated heterocycles. The fourth-order valence-corrected chi connectivity index (χ4v) is 2.64. The highest BCUT2D eigenvalue weighted by molar-refractivity contribution is 9.10.